The summed E-state index contributed by atoms with van der Waals surface area (Å²) in [7, 11) is 11.6. The van der Waals surface area contributed by atoms with Gasteiger partial charge in [0, 0.05) is 32.7 Å². The second-order valence-electron chi connectivity index (χ2n) is 13.1. The Bertz CT molecular complexity index is 1320. The fourth-order valence-corrected chi connectivity index (χ4v) is 13.5. The first-order valence-electron chi connectivity index (χ1n) is 18.3. The Morgan fingerprint density at radius 3 is 1.08 bits per heavy atom. The van der Waals surface area contributed by atoms with Gasteiger partial charge in [-0.15, -0.1) is 0 Å². The van der Waals surface area contributed by atoms with Gasteiger partial charge in [-0.1, -0.05) is 31.4 Å². The third kappa shape index (κ3) is 15.7. The summed E-state index contributed by atoms with van der Waals surface area (Å²) in [5.74, 6) is 0. The zero-order chi connectivity index (χ0) is 34.2. The molecule has 2 aromatic carbocycles. The number of pyridine rings is 2. The van der Waals surface area contributed by atoms with E-state index >= 15 is 0 Å². The Balaban J connectivity index is 0.000000166. The van der Waals surface area contributed by atoms with Crippen molar-refractivity contribution in [1.82, 2.24) is 9.97 Å². The average molecular weight is 802 g/mol. The van der Waals surface area contributed by atoms with Crippen LogP contribution in [0.25, 0.3) is 5.57 Å². The minimum absolute atomic E-state index is 0.0465. The molecule has 6 heteroatoms. The Kier molecular flexibility index (Phi) is 20.1. The molecule has 3 saturated carbocycles. The maximum atomic E-state index is 5.82. The van der Waals surface area contributed by atoms with Gasteiger partial charge in [0.1, 0.15) is 0 Å². The summed E-state index contributed by atoms with van der Waals surface area (Å²) < 4.78 is 2.93. The van der Waals surface area contributed by atoms with Gasteiger partial charge in [0.25, 0.3) is 0 Å². The Hall–Kier alpha value is -2.20. The molecular weight excluding hydrogens is 747 g/mol. The van der Waals surface area contributed by atoms with Crippen molar-refractivity contribution in [2.24, 2.45) is 0 Å². The average Bonchev–Trinajstić information content (AvgIpc) is 3.19. The largest absolute Gasteiger partial charge is 0.265 e. The van der Waals surface area contributed by atoms with Crippen molar-refractivity contribution in [3.63, 3.8) is 0 Å². The molecule has 0 amide bonds. The standard InChI is InChI=1S/C18H33P.C15H10.2C5H5N.2ClH.Ru/c1-4-10-16(11-5-1)19(17-12-6-2-7-13-17)18-14-8-3-9-15-18;1-2-15(13-9-5-3-6-10-13)14-11-7-4-8-12-14;2*1-2-4-6-5-3-1;;;/h16-18H,1-15H2;3-12H;2*1-5H;2*1H;/q;;;;;;+2/p-1. The van der Waals surface area contributed by atoms with Crippen LogP contribution in [-0.2, 0) is 13.5 Å². The maximum absolute atomic E-state index is 5.82. The van der Waals surface area contributed by atoms with Gasteiger partial charge < -0.3 is 0 Å². The van der Waals surface area contributed by atoms with Crippen molar-refractivity contribution >= 4 is 37.1 Å². The molecule has 3 aliphatic carbocycles. The molecule has 2 nitrogen and oxygen atoms in total. The second-order valence-corrected chi connectivity index (χ2v) is 21.8. The zero-order valence-electron chi connectivity index (χ0n) is 28.9. The van der Waals surface area contributed by atoms with Gasteiger partial charge >= 0.3 is 120 Å². The molecule has 3 aliphatic rings. The van der Waals surface area contributed by atoms with E-state index in [4.69, 9.17) is 19.4 Å². The van der Waals surface area contributed by atoms with Crippen molar-refractivity contribution in [3.05, 3.63) is 139 Å². The van der Waals surface area contributed by atoms with Crippen LogP contribution in [-0.4, -0.2) is 31.2 Å². The first-order valence-corrected chi connectivity index (χ1v) is 25.4. The topological polar surface area (TPSA) is 25.8 Å². The zero-order valence-corrected chi connectivity index (χ0v) is 33.1. The van der Waals surface area contributed by atoms with E-state index in [-0.39, 0.29) is 7.92 Å². The van der Waals surface area contributed by atoms with Crippen LogP contribution >= 0.6 is 27.3 Å². The molecule has 0 radical (unpaired) electrons. The van der Waals surface area contributed by atoms with E-state index in [1.807, 2.05) is 97.1 Å². The molecule has 0 saturated heterocycles. The third-order valence-corrected chi connectivity index (χ3v) is 15.6. The van der Waals surface area contributed by atoms with Crippen LogP contribution in [0.15, 0.2) is 128 Å². The van der Waals surface area contributed by atoms with Gasteiger partial charge in [0.2, 0.25) is 0 Å². The summed E-state index contributed by atoms with van der Waals surface area (Å²) in [5.41, 5.74) is 9.93. The van der Waals surface area contributed by atoms with Crippen LogP contribution in [0.2, 0.25) is 0 Å². The Morgan fingerprint density at radius 2 is 0.816 bits per heavy atom. The van der Waals surface area contributed by atoms with Gasteiger partial charge in [-0.05, 0) is 101 Å². The Morgan fingerprint density at radius 1 is 0.490 bits per heavy atom. The number of aromatic nitrogens is 2. The van der Waals surface area contributed by atoms with Crippen LogP contribution in [0.5, 0.6) is 0 Å². The van der Waals surface area contributed by atoms with E-state index in [1.165, 1.54) is 17.0 Å². The molecule has 49 heavy (non-hydrogen) atoms. The first kappa shape index (κ1) is 39.6. The van der Waals surface area contributed by atoms with E-state index in [1.54, 1.807) is 121 Å². The van der Waals surface area contributed by atoms with Crippen LogP contribution in [0, 0.1) is 0 Å². The number of rotatable bonds is 5. The number of nitrogens with zero attached hydrogens (tertiary/aromatic N) is 2. The molecule has 0 bridgehead atoms. The van der Waals surface area contributed by atoms with Crippen LogP contribution in [0.1, 0.15) is 107 Å². The molecule has 0 N–H and O–H groups in total. The summed E-state index contributed by atoms with van der Waals surface area (Å²) in [6.45, 7) is 0. The van der Waals surface area contributed by atoms with Gasteiger partial charge in [-0.2, -0.15) is 0 Å². The van der Waals surface area contributed by atoms with Crippen molar-refractivity contribution < 1.29 is 13.5 Å². The predicted molar refractivity (Wildman–Crippen MR) is 213 cm³/mol. The molecule has 2 heterocycles. The van der Waals surface area contributed by atoms with Crippen LogP contribution < -0.4 is 0 Å². The summed E-state index contributed by atoms with van der Waals surface area (Å²) in [6, 6.07) is 31.5. The number of hydrogen-bond acceptors (Lipinski definition) is 2. The monoisotopic (exact) mass is 801 g/mol. The van der Waals surface area contributed by atoms with E-state index in [0.717, 1.165) is 16.7 Å². The van der Waals surface area contributed by atoms with Gasteiger partial charge in [0.15, 0.2) is 0 Å². The van der Waals surface area contributed by atoms with Crippen molar-refractivity contribution in [2.75, 3.05) is 0 Å². The summed E-state index contributed by atoms with van der Waals surface area (Å²) in [4.78, 5) is 7.57. The molecule has 0 atom stereocenters. The van der Waals surface area contributed by atoms with Crippen LogP contribution in [0.4, 0.5) is 0 Å². The molecule has 4 aromatic rings. The van der Waals surface area contributed by atoms with Crippen molar-refractivity contribution in [3.8, 4) is 0 Å². The van der Waals surface area contributed by atoms with Gasteiger partial charge in [0.05, 0.1) is 17.0 Å². The van der Waals surface area contributed by atoms with E-state index < -0.39 is 13.5 Å². The van der Waals surface area contributed by atoms with Crippen LogP contribution in [0.3, 0.4) is 0 Å². The molecule has 2 aromatic heterocycles. The normalized spacial score (nSPS) is 16.9. The fraction of sp³-hybridized carbons (Fsp3) is 0.419. The molecule has 0 aliphatic heterocycles. The molecule has 3 fully saturated rings. The van der Waals surface area contributed by atoms with Crippen molar-refractivity contribution in [1.29, 1.82) is 0 Å². The number of halogens is 2. The number of hydrogen-bond donors (Lipinski definition) is 0. The summed E-state index contributed by atoms with van der Waals surface area (Å²) >= 11 is -1.95. The third-order valence-electron chi connectivity index (χ3n) is 9.72. The maximum Gasteiger partial charge on any atom is 0.0267 e. The quantitative estimate of drug-likeness (QED) is 0.114. The van der Waals surface area contributed by atoms with Gasteiger partial charge in [-0.3, -0.25) is 9.97 Å². The molecule has 7 rings (SSSR count). The predicted octanol–water partition coefficient (Wildman–Crippen LogP) is 13.0. The first-order chi connectivity index (χ1) is 24.2. The molecule has 262 valence electrons. The molecule has 0 spiro atoms. The van der Waals surface area contributed by atoms with E-state index in [9.17, 15) is 0 Å². The smallest absolute Gasteiger partial charge is 0.0267 e. The van der Waals surface area contributed by atoms with E-state index in [0.29, 0.717) is 0 Å². The SMILES string of the molecule is C1CCC([PH+](C2CCCCC2)C2CCCCC2)CC1.[Cl][Ru]([Cl])=[C]=C=C(c1ccccc1)c1ccccc1.c1ccncc1.c1ccncc1. The number of benzene rings is 2. The summed E-state index contributed by atoms with van der Waals surface area (Å²) in [5, 5.41) is 0. The molecule has 0 unspecified atom stereocenters. The summed E-state index contributed by atoms with van der Waals surface area (Å²) in [6.07, 6.45) is 30.8. The Labute approximate surface area is 310 Å². The minimum Gasteiger partial charge on any atom is -0.265 e. The van der Waals surface area contributed by atoms with Crippen molar-refractivity contribution in [2.45, 2.75) is 113 Å². The second kappa shape index (κ2) is 24.9. The molecular formula is C43H54Cl2N2PRu+. The minimum atomic E-state index is -1.95. The van der Waals surface area contributed by atoms with E-state index in [2.05, 4.69) is 20.0 Å². The fourth-order valence-electron chi connectivity index (χ4n) is 7.53. The van der Waals surface area contributed by atoms with Gasteiger partial charge in [-0.25, -0.2) is 0 Å².